The zero-order chi connectivity index (χ0) is 15.8. The molecular formula is C20H26N2O. The van der Waals surface area contributed by atoms with Gasteiger partial charge in [0.1, 0.15) is 0 Å². The Kier molecular flexibility index (Phi) is 3.98. The molecule has 1 saturated carbocycles. The van der Waals surface area contributed by atoms with E-state index in [0.717, 1.165) is 25.2 Å². The number of nitrogens with zero attached hydrogens (tertiary/aromatic N) is 2. The predicted octanol–water partition coefficient (Wildman–Crippen LogP) is 3.14. The number of piperidine rings is 1. The van der Waals surface area contributed by atoms with E-state index in [0.29, 0.717) is 17.9 Å². The number of amides is 1. The van der Waals surface area contributed by atoms with Crippen LogP contribution in [0.25, 0.3) is 0 Å². The molecule has 1 aromatic rings. The van der Waals surface area contributed by atoms with E-state index in [4.69, 9.17) is 0 Å². The topological polar surface area (TPSA) is 23.6 Å². The van der Waals surface area contributed by atoms with E-state index >= 15 is 0 Å². The Labute approximate surface area is 139 Å². The van der Waals surface area contributed by atoms with Crippen LogP contribution in [0.5, 0.6) is 0 Å². The lowest BCUT2D eigenvalue weighted by atomic mass is 9.86. The second-order valence-electron chi connectivity index (χ2n) is 7.41. The Balaban J connectivity index is 1.54. The van der Waals surface area contributed by atoms with Crippen molar-refractivity contribution in [2.45, 2.75) is 45.2 Å². The van der Waals surface area contributed by atoms with Crippen LogP contribution in [0.2, 0.25) is 0 Å². The molecular weight excluding hydrogens is 284 g/mol. The van der Waals surface area contributed by atoms with E-state index in [1.165, 1.54) is 43.4 Å². The summed E-state index contributed by atoms with van der Waals surface area (Å²) in [5.74, 6) is 0.768. The van der Waals surface area contributed by atoms with Crippen LogP contribution in [0, 0.1) is 12.8 Å². The quantitative estimate of drug-likeness (QED) is 0.853. The number of hydrogen-bond donors (Lipinski definition) is 0. The number of fused-ring (bicyclic) bond motifs is 2. The number of hydrogen-bond acceptors (Lipinski definition) is 2. The lowest BCUT2D eigenvalue weighted by Crippen LogP contribution is -2.44. The van der Waals surface area contributed by atoms with Crippen LogP contribution in [0.1, 0.15) is 36.8 Å². The van der Waals surface area contributed by atoms with Gasteiger partial charge in [0.25, 0.3) is 0 Å². The molecule has 2 atom stereocenters. The SMILES string of the molecule is Cc1cccc(CN(C(=O)C2=CCN3CCCC2C3)C2CC2)c1. The van der Waals surface area contributed by atoms with Crippen molar-refractivity contribution in [2.75, 3.05) is 19.6 Å². The Morgan fingerprint density at radius 2 is 2.17 bits per heavy atom. The number of rotatable bonds is 4. The molecule has 3 heteroatoms. The maximum atomic E-state index is 13.2. The Bertz CT molecular complexity index is 632. The van der Waals surface area contributed by atoms with Crippen molar-refractivity contribution in [1.82, 2.24) is 9.80 Å². The summed E-state index contributed by atoms with van der Waals surface area (Å²) >= 11 is 0. The monoisotopic (exact) mass is 310 g/mol. The highest BCUT2D eigenvalue weighted by atomic mass is 16.2. The minimum Gasteiger partial charge on any atom is -0.332 e. The molecule has 23 heavy (non-hydrogen) atoms. The summed E-state index contributed by atoms with van der Waals surface area (Å²) in [6.07, 6.45) is 6.96. The normalized spacial score (nSPS) is 26.6. The van der Waals surface area contributed by atoms with E-state index in [1.54, 1.807) is 0 Å². The summed E-state index contributed by atoms with van der Waals surface area (Å²) in [6, 6.07) is 9.03. The van der Waals surface area contributed by atoms with Crippen molar-refractivity contribution in [2.24, 2.45) is 5.92 Å². The largest absolute Gasteiger partial charge is 0.332 e. The second-order valence-corrected chi connectivity index (χ2v) is 7.41. The summed E-state index contributed by atoms with van der Waals surface area (Å²) in [5, 5.41) is 0. The van der Waals surface area contributed by atoms with E-state index < -0.39 is 0 Å². The van der Waals surface area contributed by atoms with Gasteiger partial charge in [-0.2, -0.15) is 0 Å². The summed E-state index contributed by atoms with van der Waals surface area (Å²) in [4.78, 5) is 17.8. The number of carbonyl (C=O) groups excluding carboxylic acids is 1. The van der Waals surface area contributed by atoms with Gasteiger partial charge >= 0.3 is 0 Å². The molecule has 0 aromatic heterocycles. The van der Waals surface area contributed by atoms with Gasteiger partial charge in [-0.15, -0.1) is 0 Å². The van der Waals surface area contributed by atoms with E-state index in [9.17, 15) is 4.79 Å². The maximum Gasteiger partial charge on any atom is 0.250 e. The third-order valence-corrected chi connectivity index (χ3v) is 5.45. The van der Waals surface area contributed by atoms with Crippen molar-refractivity contribution in [3.05, 3.63) is 47.0 Å². The molecule has 1 aromatic carbocycles. The molecule has 2 aliphatic heterocycles. The third kappa shape index (κ3) is 3.20. The first-order valence-corrected chi connectivity index (χ1v) is 8.99. The van der Waals surface area contributed by atoms with Crippen molar-refractivity contribution < 1.29 is 4.79 Å². The standard InChI is InChI=1S/C20H26N2O/c1-15-4-2-5-16(12-15)13-22(18-7-8-18)20(23)19-9-11-21-10-3-6-17(19)14-21/h2,4-5,9,12,17-18H,3,6-8,10-11,13-14H2,1H3. The van der Waals surface area contributed by atoms with Crippen LogP contribution in [0.4, 0.5) is 0 Å². The molecule has 0 radical (unpaired) electrons. The molecule has 2 fully saturated rings. The van der Waals surface area contributed by atoms with Gasteiger partial charge in [0.05, 0.1) is 0 Å². The Morgan fingerprint density at radius 1 is 1.30 bits per heavy atom. The van der Waals surface area contributed by atoms with E-state index in [1.807, 2.05) is 0 Å². The average Bonchev–Trinajstić information content (AvgIpc) is 3.37. The molecule has 1 amide bonds. The zero-order valence-electron chi connectivity index (χ0n) is 14.0. The molecule has 3 aliphatic rings. The molecule has 122 valence electrons. The summed E-state index contributed by atoms with van der Waals surface area (Å²) in [7, 11) is 0. The molecule has 4 rings (SSSR count). The minimum atomic E-state index is 0.306. The maximum absolute atomic E-state index is 13.2. The van der Waals surface area contributed by atoms with Crippen LogP contribution in [0.15, 0.2) is 35.9 Å². The third-order valence-electron chi connectivity index (χ3n) is 5.45. The zero-order valence-corrected chi connectivity index (χ0v) is 14.0. The van der Waals surface area contributed by atoms with Gasteiger partial charge in [0.2, 0.25) is 5.91 Å². The van der Waals surface area contributed by atoms with Crippen molar-refractivity contribution in [3.63, 3.8) is 0 Å². The van der Waals surface area contributed by atoms with Gasteiger partial charge in [0, 0.05) is 37.2 Å². The van der Waals surface area contributed by atoms with Crippen molar-refractivity contribution in [1.29, 1.82) is 0 Å². The highest BCUT2D eigenvalue weighted by molar-refractivity contribution is 5.94. The summed E-state index contributed by atoms with van der Waals surface area (Å²) in [5.41, 5.74) is 3.62. The summed E-state index contributed by atoms with van der Waals surface area (Å²) in [6.45, 7) is 6.12. The molecule has 2 unspecified atom stereocenters. The first-order valence-electron chi connectivity index (χ1n) is 8.99. The van der Waals surface area contributed by atoms with Gasteiger partial charge in [0.15, 0.2) is 0 Å². The fourth-order valence-electron chi connectivity index (χ4n) is 4.06. The fraction of sp³-hybridized carbons (Fsp3) is 0.550. The number of benzene rings is 1. The van der Waals surface area contributed by atoms with Crippen molar-refractivity contribution in [3.8, 4) is 0 Å². The first kappa shape index (κ1) is 14.9. The average molecular weight is 310 g/mol. The summed E-state index contributed by atoms with van der Waals surface area (Å²) < 4.78 is 0. The molecule has 1 aliphatic carbocycles. The van der Waals surface area contributed by atoms with Gasteiger partial charge < -0.3 is 4.90 Å². The highest BCUT2D eigenvalue weighted by Gasteiger charge is 2.37. The van der Waals surface area contributed by atoms with Crippen LogP contribution in [0.3, 0.4) is 0 Å². The highest BCUT2D eigenvalue weighted by Crippen LogP contribution is 2.34. The lowest BCUT2D eigenvalue weighted by Gasteiger charge is -2.38. The van der Waals surface area contributed by atoms with Crippen LogP contribution in [-0.4, -0.2) is 41.4 Å². The number of carbonyl (C=O) groups is 1. The molecule has 1 saturated heterocycles. The lowest BCUT2D eigenvalue weighted by molar-refractivity contribution is -0.129. The van der Waals surface area contributed by atoms with Gasteiger partial charge in [-0.25, -0.2) is 0 Å². The first-order chi connectivity index (χ1) is 11.2. The fourth-order valence-corrected chi connectivity index (χ4v) is 4.06. The molecule has 0 N–H and O–H groups in total. The molecule has 2 bridgehead atoms. The number of aryl methyl sites for hydroxylation is 1. The van der Waals surface area contributed by atoms with Gasteiger partial charge in [-0.3, -0.25) is 9.69 Å². The van der Waals surface area contributed by atoms with E-state index in [-0.39, 0.29) is 0 Å². The second kappa shape index (κ2) is 6.12. The van der Waals surface area contributed by atoms with Crippen LogP contribution >= 0.6 is 0 Å². The Hall–Kier alpha value is -1.61. The van der Waals surface area contributed by atoms with Crippen LogP contribution < -0.4 is 0 Å². The minimum absolute atomic E-state index is 0.306. The molecule has 0 spiro atoms. The van der Waals surface area contributed by atoms with E-state index in [2.05, 4.69) is 47.1 Å². The van der Waals surface area contributed by atoms with Gasteiger partial charge in [-0.1, -0.05) is 35.9 Å². The Morgan fingerprint density at radius 3 is 2.96 bits per heavy atom. The van der Waals surface area contributed by atoms with Crippen LogP contribution in [-0.2, 0) is 11.3 Å². The smallest absolute Gasteiger partial charge is 0.250 e. The van der Waals surface area contributed by atoms with Gasteiger partial charge in [-0.05, 0) is 44.7 Å². The molecule has 2 heterocycles. The van der Waals surface area contributed by atoms with Crippen molar-refractivity contribution >= 4 is 5.91 Å². The predicted molar refractivity (Wildman–Crippen MR) is 92.0 cm³/mol. The molecule has 3 nitrogen and oxygen atoms in total.